The van der Waals surface area contributed by atoms with Crippen LogP contribution in [0.4, 0.5) is 0 Å². The molecule has 3 rings (SSSR count). The first kappa shape index (κ1) is 20.0. The Morgan fingerprint density at radius 1 is 0.852 bits per heavy atom. The van der Waals surface area contributed by atoms with E-state index in [1.807, 2.05) is 18.2 Å². The first-order chi connectivity index (χ1) is 12.6. The summed E-state index contributed by atoms with van der Waals surface area (Å²) in [6.07, 6.45) is 0. The van der Waals surface area contributed by atoms with Gasteiger partial charge in [0.1, 0.15) is 23.1 Å². The smallest absolute Gasteiger partial charge is 0.130 e. The predicted octanol–water partition coefficient (Wildman–Crippen LogP) is 6.04. The summed E-state index contributed by atoms with van der Waals surface area (Å²) in [6, 6.07) is 12.3. The molecule has 1 aliphatic heterocycles. The van der Waals surface area contributed by atoms with E-state index < -0.39 is 7.92 Å². The van der Waals surface area contributed by atoms with Crippen LogP contribution in [0.2, 0.25) is 0 Å². The molecule has 2 aromatic carbocycles. The Kier molecular flexibility index (Phi) is 5.20. The van der Waals surface area contributed by atoms with Crippen molar-refractivity contribution in [3.05, 3.63) is 36.4 Å². The molecule has 4 heteroatoms. The van der Waals surface area contributed by atoms with Crippen LogP contribution in [-0.2, 0) is 0 Å². The Hall–Kier alpha value is -1.73. The molecule has 0 saturated heterocycles. The molecule has 0 fully saturated rings. The van der Waals surface area contributed by atoms with Gasteiger partial charge in [0.2, 0.25) is 0 Å². The van der Waals surface area contributed by atoms with Crippen molar-refractivity contribution in [2.24, 2.45) is 5.41 Å². The van der Waals surface area contributed by atoms with E-state index in [4.69, 9.17) is 14.2 Å². The van der Waals surface area contributed by atoms with E-state index in [1.165, 1.54) is 5.30 Å². The molecular weight excluding hydrogens is 355 g/mol. The van der Waals surface area contributed by atoms with Gasteiger partial charge in [-0.15, -0.1) is 0 Å². The zero-order valence-electron chi connectivity index (χ0n) is 17.7. The van der Waals surface area contributed by atoms with Crippen molar-refractivity contribution in [3.8, 4) is 28.4 Å². The fourth-order valence-corrected chi connectivity index (χ4v) is 7.14. The maximum atomic E-state index is 6.57. The van der Waals surface area contributed by atoms with E-state index in [-0.39, 0.29) is 16.4 Å². The van der Waals surface area contributed by atoms with E-state index in [2.05, 4.69) is 59.7 Å². The molecule has 2 unspecified atom stereocenters. The Bertz CT molecular complexity index is 808. The fourth-order valence-electron chi connectivity index (χ4n) is 3.73. The molecule has 0 amide bonds. The van der Waals surface area contributed by atoms with Crippen LogP contribution in [0.15, 0.2) is 36.4 Å². The largest absolute Gasteiger partial charge is 0.496 e. The minimum absolute atomic E-state index is 0.0557. The van der Waals surface area contributed by atoms with Gasteiger partial charge in [0.15, 0.2) is 0 Å². The number of rotatable bonds is 3. The van der Waals surface area contributed by atoms with Crippen LogP contribution in [0.3, 0.4) is 0 Å². The van der Waals surface area contributed by atoms with Gasteiger partial charge in [0.25, 0.3) is 0 Å². The monoisotopic (exact) mass is 386 g/mol. The van der Waals surface area contributed by atoms with Gasteiger partial charge >= 0.3 is 0 Å². The van der Waals surface area contributed by atoms with E-state index >= 15 is 0 Å². The van der Waals surface area contributed by atoms with Crippen molar-refractivity contribution >= 4 is 13.2 Å². The summed E-state index contributed by atoms with van der Waals surface area (Å²) in [6.45, 7) is 13.8. The van der Waals surface area contributed by atoms with Crippen molar-refractivity contribution in [1.29, 1.82) is 0 Å². The predicted molar refractivity (Wildman–Crippen MR) is 115 cm³/mol. The van der Waals surface area contributed by atoms with Crippen molar-refractivity contribution in [1.82, 2.24) is 0 Å². The number of benzene rings is 2. The lowest BCUT2D eigenvalue weighted by Crippen LogP contribution is -2.33. The number of methoxy groups -OCH3 is 2. The van der Waals surface area contributed by atoms with Crippen LogP contribution in [0.5, 0.6) is 17.2 Å². The highest BCUT2D eigenvalue weighted by molar-refractivity contribution is 7.68. The van der Waals surface area contributed by atoms with Gasteiger partial charge in [-0.25, -0.2) is 0 Å². The van der Waals surface area contributed by atoms with Crippen LogP contribution >= 0.6 is 7.92 Å². The van der Waals surface area contributed by atoms with Gasteiger partial charge in [0.05, 0.1) is 19.8 Å². The lowest BCUT2D eigenvalue weighted by atomic mass is 9.98. The lowest BCUT2D eigenvalue weighted by molar-refractivity contribution is 0.166. The van der Waals surface area contributed by atoms with Crippen LogP contribution in [0.1, 0.15) is 41.5 Å². The summed E-state index contributed by atoms with van der Waals surface area (Å²) in [5.41, 5.74) is 2.23. The first-order valence-corrected chi connectivity index (χ1v) is 10.8. The molecule has 0 bridgehead atoms. The summed E-state index contributed by atoms with van der Waals surface area (Å²) in [7, 11) is 2.86. The second kappa shape index (κ2) is 7.02. The lowest BCUT2D eigenvalue weighted by Gasteiger charge is -2.38. The van der Waals surface area contributed by atoms with Gasteiger partial charge in [-0.05, 0) is 31.3 Å². The zero-order valence-corrected chi connectivity index (χ0v) is 18.6. The highest BCUT2D eigenvalue weighted by atomic mass is 31.1. The van der Waals surface area contributed by atoms with Gasteiger partial charge in [-0.3, -0.25) is 0 Å². The van der Waals surface area contributed by atoms with E-state index in [9.17, 15) is 0 Å². The third-order valence-corrected chi connectivity index (χ3v) is 8.61. The standard InChI is InChI=1S/C23H31O3P/c1-22(2,3)21-26-18-14-9-11-15(20(18)27(21)23(4,5)6)19-16(24-7)12-10-13-17(19)25-8/h9-14,21H,1-8H3. The van der Waals surface area contributed by atoms with E-state index in [0.717, 1.165) is 28.4 Å². The maximum Gasteiger partial charge on any atom is 0.130 e. The Morgan fingerprint density at radius 2 is 1.41 bits per heavy atom. The highest BCUT2D eigenvalue weighted by Gasteiger charge is 2.48. The molecule has 2 aromatic rings. The summed E-state index contributed by atoms with van der Waals surface area (Å²) < 4.78 is 18.0. The molecule has 1 aliphatic rings. The van der Waals surface area contributed by atoms with Crippen LogP contribution in [0.25, 0.3) is 11.1 Å². The summed E-state index contributed by atoms with van der Waals surface area (Å²) >= 11 is 0. The molecule has 0 spiro atoms. The maximum absolute atomic E-state index is 6.57. The van der Waals surface area contributed by atoms with Gasteiger partial charge in [-0.1, -0.05) is 59.7 Å². The third kappa shape index (κ3) is 3.55. The average Bonchev–Trinajstić information content (AvgIpc) is 3.01. The van der Waals surface area contributed by atoms with Crippen LogP contribution in [-0.4, -0.2) is 25.2 Å². The normalized spacial score (nSPS) is 19.4. The summed E-state index contributed by atoms with van der Waals surface area (Å²) in [5.74, 6) is 2.82. The van der Waals surface area contributed by atoms with Gasteiger partial charge in [-0.2, -0.15) is 0 Å². The number of hydrogen-bond donors (Lipinski definition) is 0. The molecule has 27 heavy (non-hydrogen) atoms. The molecule has 3 nitrogen and oxygen atoms in total. The summed E-state index contributed by atoms with van der Waals surface area (Å²) in [4.78, 5) is 0. The molecule has 0 aromatic heterocycles. The molecule has 0 aliphatic carbocycles. The molecular formula is C23H31O3P. The minimum Gasteiger partial charge on any atom is -0.496 e. The number of hydrogen-bond acceptors (Lipinski definition) is 3. The minimum atomic E-state index is -0.566. The van der Waals surface area contributed by atoms with E-state index in [1.54, 1.807) is 14.2 Å². The highest BCUT2D eigenvalue weighted by Crippen LogP contribution is 2.64. The second-order valence-corrected chi connectivity index (χ2v) is 12.1. The summed E-state index contributed by atoms with van der Waals surface area (Å²) in [5, 5.41) is 1.44. The van der Waals surface area contributed by atoms with Crippen LogP contribution < -0.4 is 19.5 Å². The van der Waals surface area contributed by atoms with Crippen LogP contribution in [0, 0.1) is 5.41 Å². The van der Waals surface area contributed by atoms with Crippen molar-refractivity contribution in [2.45, 2.75) is 52.5 Å². The topological polar surface area (TPSA) is 27.7 Å². The Labute approximate surface area is 164 Å². The Morgan fingerprint density at radius 3 is 1.89 bits per heavy atom. The number of ether oxygens (including phenoxy) is 3. The van der Waals surface area contributed by atoms with E-state index in [0.29, 0.717) is 0 Å². The molecule has 2 atom stereocenters. The Balaban J connectivity index is 2.30. The van der Waals surface area contributed by atoms with Crippen molar-refractivity contribution in [3.63, 3.8) is 0 Å². The second-order valence-electron chi connectivity index (χ2n) is 9.07. The molecule has 0 saturated carbocycles. The molecule has 146 valence electrons. The number of fused-ring (bicyclic) bond motifs is 1. The average molecular weight is 386 g/mol. The molecule has 1 heterocycles. The molecule has 0 radical (unpaired) electrons. The third-order valence-electron chi connectivity index (χ3n) is 4.87. The zero-order chi connectivity index (χ0) is 20.0. The van der Waals surface area contributed by atoms with Gasteiger partial charge in [0, 0.05) is 16.3 Å². The van der Waals surface area contributed by atoms with Crippen molar-refractivity contribution < 1.29 is 14.2 Å². The SMILES string of the molecule is COc1cccc(OC)c1-c1cccc2c1P(C(C)(C)C)C(C(C)(C)C)O2. The fraction of sp³-hybridized carbons (Fsp3) is 0.478. The first-order valence-electron chi connectivity index (χ1n) is 9.40. The van der Waals surface area contributed by atoms with Gasteiger partial charge < -0.3 is 14.2 Å². The van der Waals surface area contributed by atoms with Crippen molar-refractivity contribution in [2.75, 3.05) is 14.2 Å². The molecule has 0 N–H and O–H groups in total. The quantitative estimate of drug-likeness (QED) is 0.602.